The van der Waals surface area contributed by atoms with Gasteiger partial charge in [-0.3, -0.25) is 9.59 Å². The van der Waals surface area contributed by atoms with Crippen LogP contribution in [0.2, 0.25) is 0 Å². The van der Waals surface area contributed by atoms with Crippen LogP contribution in [-0.2, 0) is 16.1 Å². The number of nitriles is 1. The maximum Gasteiger partial charge on any atom is 0.248 e. The minimum atomic E-state index is -2.65. The Hall–Kier alpha value is -3.02. The molecule has 2 amide bonds. The minimum Gasteiger partial charge on any atom is -0.349 e. The van der Waals surface area contributed by atoms with Gasteiger partial charge in [0.25, 0.3) is 0 Å². The Morgan fingerprint density at radius 1 is 1.02 bits per heavy atom. The highest BCUT2D eigenvalue weighted by Gasteiger charge is 2.44. The van der Waals surface area contributed by atoms with Crippen LogP contribution in [0.25, 0.3) is 0 Å². The van der Waals surface area contributed by atoms with E-state index in [4.69, 9.17) is 5.26 Å². The Labute approximate surface area is 247 Å². The fraction of sp³-hybridized carbons (Fsp3) is 0.531. The van der Waals surface area contributed by atoms with Crippen LogP contribution in [0.5, 0.6) is 0 Å². The summed E-state index contributed by atoms with van der Waals surface area (Å²) in [7, 11) is 0. The van der Waals surface area contributed by atoms with E-state index in [-0.39, 0.29) is 67.3 Å². The molecule has 220 valence electrons. The first-order valence-corrected chi connectivity index (χ1v) is 14.5. The number of carbonyl (C=O) groups is 2. The molecule has 1 saturated carbocycles. The summed E-state index contributed by atoms with van der Waals surface area (Å²) in [5.41, 5.74) is 2.70. The molecular weight excluding hydrogens is 546 g/mol. The number of hydrogen-bond donors (Lipinski definition) is 1. The van der Waals surface area contributed by atoms with E-state index in [9.17, 15) is 18.4 Å². The molecule has 0 radical (unpaired) electrons. The van der Waals surface area contributed by atoms with E-state index in [0.717, 1.165) is 56.6 Å². The summed E-state index contributed by atoms with van der Waals surface area (Å²) in [5, 5.41) is 12.2. The molecule has 1 atom stereocenters. The summed E-state index contributed by atoms with van der Waals surface area (Å²) in [6, 6.07) is 19.3. The molecule has 3 aliphatic rings. The summed E-state index contributed by atoms with van der Waals surface area (Å²) < 4.78 is 27.2. The predicted molar refractivity (Wildman–Crippen MR) is 155 cm³/mol. The number of nitrogens with one attached hydrogen (secondary N) is 1. The number of nitrogens with zero attached hydrogens (tertiary/aromatic N) is 3. The van der Waals surface area contributed by atoms with Gasteiger partial charge in [0, 0.05) is 44.8 Å². The minimum absolute atomic E-state index is 0. The van der Waals surface area contributed by atoms with Crippen molar-refractivity contribution >= 4 is 24.2 Å². The molecule has 1 aliphatic carbocycles. The number of hydrogen-bond acceptors (Lipinski definition) is 4. The molecule has 2 aromatic carbocycles. The van der Waals surface area contributed by atoms with Gasteiger partial charge < -0.3 is 15.1 Å². The van der Waals surface area contributed by atoms with Crippen molar-refractivity contribution < 1.29 is 18.4 Å². The molecular formula is C32H39ClF2N4O2. The second-order valence-corrected chi connectivity index (χ2v) is 12.0. The molecule has 2 saturated heterocycles. The zero-order chi connectivity index (χ0) is 28.2. The van der Waals surface area contributed by atoms with E-state index < -0.39 is 5.92 Å². The lowest BCUT2D eigenvalue weighted by Gasteiger charge is -2.39. The monoisotopic (exact) mass is 584 g/mol. The average molecular weight is 585 g/mol. The third kappa shape index (κ3) is 7.84. The van der Waals surface area contributed by atoms with Gasteiger partial charge in [0.15, 0.2) is 0 Å². The summed E-state index contributed by atoms with van der Waals surface area (Å²) in [6.07, 6.45) is 3.27. The van der Waals surface area contributed by atoms with Crippen LogP contribution in [0.4, 0.5) is 8.78 Å². The lowest BCUT2D eigenvalue weighted by atomic mass is 9.77. The Kier molecular flexibility index (Phi) is 10.0. The van der Waals surface area contributed by atoms with Crippen LogP contribution in [0, 0.1) is 22.7 Å². The summed E-state index contributed by atoms with van der Waals surface area (Å²) in [5.74, 6) is -2.92. The number of amides is 2. The van der Waals surface area contributed by atoms with Crippen LogP contribution in [0.15, 0.2) is 54.6 Å². The van der Waals surface area contributed by atoms with Gasteiger partial charge in [-0.25, -0.2) is 8.78 Å². The largest absolute Gasteiger partial charge is 0.349 e. The lowest BCUT2D eigenvalue weighted by Crippen LogP contribution is -2.43. The normalized spacial score (nSPS) is 21.2. The van der Waals surface area contributed by atoms with Crippen LogP contribution < -0.4 is 5.32 Å². The molecule has 6 nitrogen and oxygen atoms in total. The third-order valence-corrected chi connectivity index (χ3v) is 9.12. The average Bonchev–Trinajstić information content (AvgIpc) is 3.26. The first kappa shape index (κ1) is 30.9. The van der Waals surface area contributed by atoms with Gasteiger partial charge >= 0.3 is 0 Å². The molecule has 9 heteroatoms. The summed E-state index contributed by atoms with van der Waals surface area (Å²) >= 11 is 0. The van der Waals surface area contributed by atoms with E-state index in [2.05, 4.69) is 16.3 Å². The van der Waals surface area contributed by atoms with E-state index in [1.807, 2.05) is 47.4 Å². The van der Waals surface area contributed by atoms with E-state index in [1.54, 1.807) is 12.1 Å². The number of halogens is 3. The zero-order valence-electron chi connectivity index (χ0n) is 23.4. The van der Waals surface area contributed by atoms with E-state index >= 15 is 0 Å². The molecule has 2 aliphatic heterocycles. The molecule has 3 fully saturated rings. The Balaban J connectivity index is 0.00000387. The van der Waals surface area contributed by atoms with Crippen LogP contribution in [0.1, 0.15) is 74.1 Å². The van der Waals surface area contributed by atoms with Crippen LogP contribution >= 0.6 is 12.4 Å². The van der Waals surface area contributed by atoms with Gasteiger partial charge in [0.1, 0.15) is 0 Å². The van der Waals surface area contributed by atoms with Crippen molar-refractivity contribution in [2.75, 3.05) is 26.2 Å². The zero-order valence-corrected chi connectivity index (χ0v) is 24.2. The Bertz CT molecular complexity index is 1220. The first-order valence-electron chi connectivity index (χ1n) is 14.5. The van der Waals surface area contributed by atoms with Crippen molar-refractivity contribution in [1.82, 2.24) is 15.1 Å². The molecule has 0 unspecified atom stereocenters. The van der Waals surface area contributed by atoms with Crippen molar-refractivity contribution in [3.8, 4) is 6.07 Å². The van der Waals surface area contributed by atoms with Gasteiger partial charge in [0.05, 0.1) is 17.7 Å². The van der Waals surface area contributed by atoms with Gasteiger partial charge in [-0.15, -0.1) is 12.4 Å². The summed E-state index contributed by atoms with van der Waals surface area (Å²) in [6.45, 7) is 3.98. The quantitative estimate of drug-likeness (QED) is 0.421. The van der Waals surface area contributed by atoms with Crippen molar-refractivity contribution in [1.29, 1.82) is 5.26 Å². The van der Waals surface area contributed by atoms with E-state index in [0.29, 0.717) is 18.5 Å². The fourth-order valence-electron chi connectivity index (χ4n) is 6.53. The van der Waals surface area contributed by atoms with Crippen molar-refractivity contribution in [2.24, 2.45) is 11.3 Å². The highest BCUT2D eigenvalue weighted by atomic mass is 35.5. The van der Waals surface area contributed by atoms with Crippen molar-refractivity contribution in [2.45, 2.75) is 69.9 Å². The Morgan fingerprint density at radius 3 is 2.32 bits per heavy atom. The molecule has 1 N–H and O–H groups in total. The van der Waals surface area contributed by atoms with Crippen molar-refractivity contribution in [3.63, 3.8) is 0 Å². The van der Waals surface area contributed by atoms with Gasteiger partial charge in [-0.05, 0) is 73.9 Å². The highest BCUT2D eigenvalue weighted by Crippen LogP contribution is 2.42. The number of alkyl halides is 2. The second kappa shape index (κ2) is 13.3. The molecule has 0 aromatic heterocycles. The molecule has 41 heavy (non-hydrogen) atoms. The first-order chi connectivity index (χ1) is 19.2. The van der Waals surface area contributed by atoms with Crippen LogP contribution in [0.3, 0.4) is 0 Å². The SMILES string of the molecule is Cl.N#Cc1ccc(CN2CC3(CCN(CC[C@H](NC(=O)C4CCC(F)(F)CC4)c4ccccc4)CC3)CC2=O)cc1. The van der Waals surface area contributed by atoms with E-state index in [1.165, 1.54) is 0 Å². The van der Waals surface area contributed by atoms with Crippen molar-refractivity contribution in [3.05, 3.63) is 71.3 Å². The maximum atomic E-state index is 13.6. The lowest BCUT2D eigenvalue weighted by molar-refractivity contribution is -0.130. The number of piperidine rings is 1. The maximum absolute atomic E-state index is 13.6. The van der Waals surface area contributed by atoms with Gasteiger partial charge in [-0.2, -0.15) is 5.26 Å². The standard InChI is InChI=1S/C32H38F2N4O2.ClH/c33-32(34)13-10-27(11-14-32)30(40)36-28(26-4-2-1-3-5-26)12-17-37-18-15-31(16-19-37)20-29(39)38(23-31)22-25-8-6-24(21-35)7-9-25;/h1-9,27-28H,10-20,22-23H2,(H,36,40);1H/t28-;/m0./s1. The predicted octanol–water partition coefficient (Wildman–Crippen LogP) is 5.87. The second-order valence-electron chi connectivity index (χ2n) is 12.0. The molecule has 2 heterocycles. The highest BCUT2D eigenvalue weighted by molar-refractivity contribution is 5.85. The Morgan fingerprint density at radius 2 is 1.68 bits per heavy atom. The third-order valence-electron chi connectivity index (χ3n) is 9.12. The smallest absolute Gasteiger partial charge is 0.248 e. The number of carbonyl (C=O) groups excluding carboxylic acids is 2. The number of rotatable bonds is 8. The molecule has 0 bridgehead atoms. The van der Waals surface area contributed by atoms with Crippen LogP contribution in [-0.4, -0.2) is 53.7 Å². The molecule has 5 rings (SSSR count). The molecule has 1 spiro atoms. The summed E-state index contributed by atoms with van der Waals surface area (Å²) in [4.78, 5) is 30.3. The fourth-order valence-corrected chi connectivity index (χ4v) is 6.53. The van der Waals surface area contributed by atoms with Gasteiger partial charge in [0.2, 0.25) is 17.7 Å². The number of benzene rings is 2. The number of likely N-dealkylation sites (tertiary alicyclic amines) is 2. The van der Waals surface area contributed by atoms with Gasteiger partial charge in [-0.1, -0.05) is 42.5 Å². The topological polar surface area (TPSA) is 76.4 Å². The molecule has 2 aromatic rings.